The van der Waals surface area contributed by atoms with Crippen molar-refractivity contribution in [1.82, 2.24) is 14.9 Å². The molecular weight excluding hydrogens is 225 g/mol. The highest BCUT2D eigenvalue weighted by atomic mass is 32.1. The highest BCUT2D eigenvalue weighted by Crippen LogP contribution is 2.26. The van der Waals surface area contributed by atoms with Gasteiger partial charge in [0.15, 0.2) is 0 Å². The van der Waals surface area contributed by atoms with Gasteiger partial charge in [0.1, 0.15) is 5.82 Å². The van der Waals surface area contributed by atoms with Gasteiger partial charge in [0, 0.05) is 0 Å². The van der Waals surface area contributed by atoms with E-state index in [9.17, 15) is 4.39 Å². The Morgan fingerprint density at radius 1 is 1.44 bits per heavy atom. The van der Waals surface area contributed by atoms with Crippen LogP contribution < -0.4 is 5.32 Å². The van der Waals surface area contributed by atoms with Gasteiger partial charge in [-0.05, 0) is 48.8 Å². The van der Waals surface area contributed by atoms with Crippen LogP contribution in [0.5, 0.6) is 0 Å². The second kappa shape index (κ2) is 4.67. The molecule has 0 saturated heterocycles. The summed E-state index contributed by atoms with van der Waals surface area (Å²) in [4.78, 5) is 1.03. The third kappa shape index (κ3) is 2.10. The average molecular weight is 237 g/mol. The summed E-state index contributed by atoms with van der Waals surface area (Å²) in [5, 5.41) is 7.01. The van der Waals surface area contributed by atoms with E-state index in [4.69, 9.17) is 0 Å². The molecule has 0 radical (unpaired) electrons. The van der Waals surface area contributed by atoms with Crippen LogP contribution in [0.15, 0.2) is 24.4 Å². The van der Waals surface area contributed by atoms with E-state index in [1.165, 1.54) is 23.7 Å². The first kappa shape index (κ1) is 11.2. The van der Waals surface area contributed by atoms with E-state index in [1.54, 1.807) is 12.3 Å². The van der Waals surface area contributed by atoms with Gasteiger partial charge < -0.3 is 5.32 Å². The highest BCUT2D eigenvalue weighted by molar-refractivity contribution is 7.05. The van der Waals surface area contributed by atoms with E-state index in [0.29, 0.717) is 0 Å². The molecular formula is C11H12FN3S. The Morgan fingerprint density at radius 2 is 2.25 bits per heavy atom. The lowest BCUT2D eigenvalue weighted by Gasteiger charge is -2.16. The second-order valence-electron chi connectivity index (χ2n) is 3.54. The van der Waals surface area contributed by atoms with Gasteiger partial charge in [-0.2, -0.15) is 0 Å². The predicted molar refractivity (Wildman–Crippen MR) is 61.9 cm³/mol. The van der Waals surface area contributed by atoms with Crippen molar-refractivity contribution in [2.75, 3.05) is 7.05 Å². The lowest BCUT2D eigenvalue weighted by Crippen LogP contribution is -2.17. The molecule has 2 aromatic rings. The molecule has 0 aliphatic heterocycles. The van der Waals surface area contributed by atoms with Gasteiger partial charge in [-0.25, -0.2) is 4.39 Å². The minimum absolute atomic E-state index is 0.0283. The SMILES string of the molecule is CNC(c1cnns1)c1ccc(F)cc1C. The Morgan fingerprint density at radius 3 is 2.81 bits per heavy atom. The molecule has 0 aliphatic carbocycles. The first-order valence-electron chi connectivity index (χ1n) is 4.93. The zero-order valence-corrected chi connectivity index (χ0v) is 9.88. The molecule has 1 aromatic heterocycles. The summed E-state index contributed by atoms with van der Waals surface area (Å²) in [5.74, 6) is -0.210. The number of hydrogen-bond acceptors (Lipinski definition) is 4. The maximum absolute atomic E-state index is 13.0. The van der Waals surface area contributed by atoms with Crippen molar-refractivity contribution in [3.8, 4) is 0 Å². The number of aryl methyl sites for hydroxylation is 1. The molecule has 5 heteroatoms. The van der Waals surface area contributed by atoms with Gasteiger partial charge >= 0.3 is 0 Å². The predicted octanol–water partition coefficient (Wildman–Crippen LogP) is 2.29. The minimum atomic E-state index is -0.210. The molecule has 2 rings (SSSR count). The zero-order valence-electron chi connectivity index (χ0n) is 9.07. The summed E-state index contributed by atoms with van der Waals surface area (Å²) in [7, 11) is 1.87. The van der Waals surface area contributed by atoms with Crippen LogP contribution in [0.4, 0.5) is 4.39 Å². The average Bonchev–Trinajstić information content (AvgIpc) is 2.75. The van der Waals surface area contributed by atoms with Crippen molar-refractivity contribution >= 4 is 11.5 Å². The maximum atomic E-state index is 13.0. The van der Waals surface area contributed by atoms with Crippen molar-refractivity contribution < 1.29 is 4.39 Å². The van der Waals surface area contributed by atoms with Crippen LogP contribution >= 0.6 is 11.5 Å². The molecule has 84 valence electrons. The van der Waals surface area contributed by atoms with Crippen LogP contribution in [-0.2, 0) is 0 Å². The summed E-state index contributed by atoms with van der Waals surface area (Å²) < 4.78 is 16.9. The molecule has 1 heterocycles. The van der Waals surface area contributed by atoms with Gasteiger partial charge in [0.05, 0.1) is 17.1 Å². The van der Waals surface area contributed by atoms with E-state index in [1.807, 2.05) is 14.0 Å². The van der Waals surface area contributed by atoms with E-state index >= 15 is 0 Å². The summed E-state index contributed by atoms with van der Waals surface area (Å²) >= 11 is 1.35. The molecule has 1 N–H and O–H groups in total. The number of halogens is 1. The van der Waals surface area contributed by atoms with Crippen molar-refractivity contribution in [1.29, 1.82) is 0 Å². The second-order valence-corrected chi connectivity index (χ2v) is 4.36. The Labute approximate surface area is 97.5 Å². The number of hydrogen-bond donors (Lipinski definition) is 1. The summed E-state index contributed by atoms with van der Waals surface area (Å²) in [6.45, 7) is 1.90. The topological polar surface area (TPSA) is 37.8 Å². The molecule has 0 amide bonds. The third-order valence-corrected chi connectivity index (χ3v) is 3.22. The largest absolute Gasteiger partial charge is 0.309 e. The molecule has 1 aromatic carbocycles. The third-order valence-electron chi connectivity index (χ3n) is 2.49. The normalized spacial score (nSPS) is 12.7. The van der Waals surface area contributed by atoms with Crippen molar-refractivity contribution in [2.24, 2.45) is 0 Å². The zero-order chi connectivity index (χ0) is 11.5. The Balaban J connectivity index is 2.41. The summed E-state index contributed by atoms with van der Waals surface area (Å²) in [6.07, 6.45) is 1.73. The molecule has 3 nitrogen and oxygen atoms in total. The van der Waals surface area contributed by atoms with Gasteiger partial charge in [0.2, 0.25) is 0 Å². The molecule has 0 fully saturated rings. The highest BCUT2D eigenvalue weighted by Gasteiger charge is 2.16. The van der Waals surface area contributed by atoms with Crippen molar-refractivity contribution in [2.45, 2.75) is 13.0 Å². The molecule has 0 saturated carbocycles. The monoisotopic (exact) mass is 237 g/mol. The Hall–Kier alpha value is -1.33. The van der Waals surface area contributed by atoms with E-state index in [0.717, 1.165) is 16.0 Å². The standard InChI is InChI=1S/C11H12FN3S/c1-7-5-8(12)3-4-9(7)11(13-2)10-6-14-15-16-10/h3-6,11,13H,1-2H3. The van der Waals surface area contributed by atoms with Gasteiger partial charge in [-0.1, -0.05) is 10.6 Å². The molecule has 0 aliphatic rings. The van der Waals surface area contributed by atoms with E-state index in [-0.39, 0.29) is 11.9 Å². The summed E-state index contributed by atoms with van der Waals surface area (Å²) in [5.41, 5.74) is 1.97. The van der Waals surface area contributed by atoms with E-state index in [2.05, 4.69) is 14.9 Å². The smallest absolute Gasteiger partial charge is 0.123 e. The van der Waals surface area contributed by atoms with Gasteiger partial charge in [0.25, 0.3) is 0 Å². The first-order chi connectivity index (χ1) is 7.72. The molecule has 1 unspecified atom stereocenters. The van der Waals surface area contributed by atoms with Crippen molar-refractivity contribution in [3.05, 3.63) is 46.2 Å². The fourth-order valence-electron chi connectivity index (χ4n) is 1.72. The minimum Gasteiger partial charge on any atom is -0.309 e. The molecule has 16 heavy (non-hydrogen) atoms. The summed E-state index contributed by atoms with van der Waals surface area (Å²) in [6, 6.07) is 4.83. The van der Waals surface area contributed by atoms with Crippen LogP contribution in [0.25, 0.3) is 0 Å². The maximum Gasteiger partial charge on any atom is 0.123 e. The number of aromatic nitrogens is 2. The lowest BCUT2D eigenvalue weighted by molar-refractivity contribution is 0.622. The van der Waals surface area contributed by atoms with E-state index < -0.39 is 0 Å². The van der Waals surface area contributed by atoms with Crippen LogP contribution in [0.1, 0.15) is 22.0 Å². The van der Waals surface area contributed by atoms with Gasteiger partial charge in [-0.15, -0.1) is 5.10 Å². The van der Waals surface area contributed by atoms with Crippen LogP contribution in [0.3, 0.4) is 0 Å². The number of nitrogens with zero attached hydrogens (tertiary/aromatic N) is 2. The van der Waals surface area contributed by atoms with Gasteiger partial charge in [-0.3, -0.25) is 0 Å². The quantitative estimate of drug-likeness (QED) is 0.890. The first-order valence-corrected chi connectivity index (χ1v) is 5.70. The van der Waals surface area contributed by atoms with Crippen LogP contribution in [-0.4, -0.2) is 16.6 Å². The molecule has 0 bridgehead atoms. The van der Waals surface area contributed by atoms with Crippen molar-refractivity contribution in [3.63, 3.8) is 0 Å². The number of nitrogens with one attached hydrogen (secondary N) is 1. The fourth-order valence-corrected chi connectivity index (χ4v) is 2.35. The van der Waals surface area contributed by atoms with Crippen LogP contribution in [0, 0.1) is 12.7 Å². The lowest BCUT2D eigenvalue weighted by atomic mass is 10.0. The Kier molecular flexibility index (Phi) is 3.26. The number of rotatable bonds is 3. The molecule has 0 spiro atoms. The fraction of sp³-hybridized carbons (Fsp3) is 0.273. The Bertz CT molecular complexity index is 470. The molecule has 1 atom stereocenters. The number of benzene rings is 1. The van der Waals surface area contributed by atoms with Crippen LogP contribution in [0.2, 0.25) is 0 Å².